The number of carbonyl (C=O) groups excluding carboxylic acids is 2. The Bertz CT molecular complexity index is 976. The third kappa shape index (κ3) is 4.96. The number of esters is 1. The number of para-hydroxylation sites is 1. The van der Waals surface area contributed by atoms with Crippen LogP contribution in [0.2, 0.25) is 5.02 Å². The molecule has 134 valence electrons. The Hall–Kier alpha value is -3.58. The van der Waals surface area contributed by atoms with Crippen molar-refractivity contribution in [3.05, 3.63) is 89.0 Å². The van der Waals surface area contributed by atoms with Crippen LogP contribution in [0.4, 0.5) is 0 Å². The van der Waals surface area contributed by atoms with Gasteiger partial charge in [-0.15, -0.1) is 0 Å². The Morgan fingerprint density at radius 1 is 1.07 bits per heavy atom. The molecular weight excluding hydrogens is 368 g/mol. The van der Waals surface area contributed by atoms with Crippen LogP contribution in [0, 0.1) is 0 Å². The minimum atomic E-state index is -0.531. The summed E-state index contributed by atoms with van der Waals surface area (Å²) in [6.07, 6.45) is 5.57. The average molecular weight is 381 g/mol. The molecule has 1 amide bonds. The van der Waals surface area contributed by atoms with Gasteiger partial charge in [-0.2, -0.15) is 5.10 Å². The van der Waals surface area contributed by atoms with Crippen molar-refractivity contribution in [2.24, 2.45) is 5.10 Å². The first kappa shape index (κ1) is 18.2. The van der Waals surface area contributed by atoms with E-state index in [0.717, 1.165) is 0 Å². The largest absolute Gasteiger partial charge is 0.422 e. The van der Waals surface area contributed by atoms with Crippen LogP contribution in [-0.2, 0) is 0 Å². The maximum atomic E-state index is 12.2. The zero-order valence-electron chi connectivity index (χ0n) is 13.9. The van der Waals surface area contributed by atoms with Crippen LogP contribution in [0.25, 0.3) is 0 Å². The number of carbonyl (C=O) groups is 2. The fourth-order valence-electron chi connectivity index (χ4n) is 2.06. The quantitative estimate of drug-likeness (QED) is 0.317. The van der Waals surface area contributed by atoms with Crippen molar-refractivity contribution in [3.8, 4) is 5.75 Å². The van der Waals surface area contributed by atoms with Gasteiger partial charge in [0.2, 0.25) is 0 Å². The third-order valence-electron chi connectivity index (χ3n) is 3.37. The van der Waals surface area contributed by atoms with Crippen molar-refractivity contribution in [1.82, 2.24) is 15.4 Å². The molecule has 3 rings (SSSR count). The molecule has 0 fully saturated rings. The lowest BCUT2D eigenvalue weighted by molar-refractivity contribution is 0.0734. The molecule has 1 heterocycles. The molecule has 0 spiro atoms. The highest BCUT2D eigenvalue weighted by molar-refractivity contribution is 6.30. The van der Waals surface area contributed by atoms with Gasteiger partial charge < -0.3 is 4.74 Å². The Morgan fingerprint density at radius 3 is 2.59 bits per heavy atom. The molecule has 0 aliphatic rings. The van der Waals surface area contributed by atoms with E-state index < -0.39 is 11.9 Å². The minimum absolute atomic E-state index is 0.136. The van der Waals surface area contributed by atoms with E-state index in [0.29, 0.717) is 21.9 Å². The fourth-order valence-corrected chi connectivity index (χ4v) is 2.18. The van der Waals surface area contributed by atoms with Gasteiger partial charge >= 0.3 is 5.97 Å². The van der Waals surface area contributed by atoms with Crippen LogP contribution in [0.1, 0.15) is 26.4 Å². The van der Waals surface area contributed by atoms with E-state index >= 15 is 0 Å². The second-order valence-corrected chi connectivity index (χ2v) is 5.66. The Labute approximate surface area is 159 Å². The van der Waals surface area contributed by atoms with E-state index in [4.69, 9.17) is 16.3 Å². The number of benzene rings is 2. The summed E-state index contributed by atoms with van der Waals surface area (Å²) in [4.78, 5) is 31.8. The molecule has 0 saturated carbocycles. The summed E-state index contributed by atoms with van der Waals surface area (Å²) < 4.78 is 5.41. The first-order valence-corrected chi connectivity index (χ1v) is 8.17. The third-order valence-corrected chi connectivity index (χ3v) is 3.62. The van der Waals surface area contributed by atoms with Crippen molar-refractivity contribution < 1.29 is 14.3 Å². The molecule has 0 radical (unpaired) electrons. The van der Waals surface area contributed by atoms with Gasteiger partial charge in [0.15, 0.2) is 0 Å². The Balaban J connectivity index is 1.69. The lowest BCUT2D eigenvalue weighted by Gasteiger charge is -2.07. The Morgan fingerprint density at radius 2 is 1.85 bits per heavy atom. The van der Waals surface area contributed by atoms with Gasteiger partial charge in [-0.05, 0) is 36.4 Å². The second kappa shape index (κ2) is 8.68. The van der Waals surface area contributed by atoms with Crippen LogP contribution >= 0.6 is 11.6 Å². The van der Waals surface area contributed by atoms with Crippen LogP contribution < -0.4 is 10.2 Å². The molecule has 0 bridgehead atoms. The molecule has 0 atom stereocenters. The number of halogens is 1. The summed E-state index contributed by atoms with van der Waals surface area (Å²) in [6, 6.07) is 13.2. The smallest absolute Gasteiger partial charge is 0.343 e. The highest BCUT2D eigenvalue weighted by Crippen LogP contribution is 2.18. The van der Waals surface area contributed by atoms with E-state index in [2.05, 4.69) is 20.5 Å². The number of ether oxygens (including phenoxy) is 1. The zero-order valence-corrected chi connectivity index (χ0v) is 14.6. The predicted molar refractivity (Wildman–Crippen MR) is 99.9 cm³/mol. The van der Waals surface area contributed by atoms with E-state index in [9.17, 15) is 9.59 Å². The van der Waals surface area contributed by atoms with Crippen LogP contribution in [0.15, 0.2) is 72.2 Å². The van der Waals surface area contributed by atoms with Gasteiger partial charge in [-0.3, -0.25) is 9.78 Å². The van der Waals surface area contributed by atoms with Gasteiger partial charge in [0.1, 0.15) is 11.4 Å². The van der Waals surface area contributed by atoms with E-state index in [-0.39, 0.29) is 5.69 Å². The molecule has 3 aromatic rings. The average Bonchev–Trinajstić information content (AvgIpc) is 2.70. The van der Waals surface area contributed by atoms with E-state index in [1.807, 2.05) is 0 Å². The van der Waals surface area contributed by atoms with Gasteiger partial charge in [-0.25, -0.2) is 15.2 Å². The summed E-state index contributed by atoms with van der Waals surface area (Å²) >= 11 is 5.82. The topological polar surface area (TPSA) is 93.5 Å². The maximum Gasteiger partial charge on any atom is 0.343 e. The molecule has 27 heavy (non-hydrogen) atoms. The van der Waals surface area contributed by atoms with Gasteiger partial charge in [0.05, 0.1) is 18.0 Å². The second-order valence-electron chi connectivity index (χ2n) is 5.22. The number of rotatable bonds is 5. The molecule has 2 aromatic carbocycles. The number of hydrazone groups is 1. The fraction of sp³-hybridized carbons (Fsp3) is 0. The summed E-state index contributed by atoms with van der Waals surface area (Å²) in [7, 11) is 0. The zero-order chi connectivity index (χ0) is 19.1. The molecule has 0 aliphatic heterocycles. The molecule has 8 heteroatoms. The van der Waals surface area contributed by atoms with Gasteiger partial charge in [-0.1, -0.05) is 23.7 Å². The highest BCUT2D eigenvalue weighted by Gasteiger charge is 2.11. The van der Waals surface area contributed by atoms with Crippen LogP contribution in [0.5, 0.6) is 5.75 Å². The molecule has 1 aromatic heterocycles. The summed E-state index contributed by atoms with van der Waals surface area (Å²) in [5, 5.41) is 4.39. The first-order valence-electron chi connectivity index (χ1n) is 7.79. The Kier molecular flexibility index (Phi) is 5.86. The predicted octanol–water partition coefficient (Wildman–Crippen LogP) is 3.11. The summed E-state index contributed by atoms with van der Waals surface area (Å²) in [5.74, 6) is -0.735. The first-order chi connectivity index (χ1) is 13.1. The number of nitrogens with one attached hydrogen (secondary N) is 1. The summed E-state index contributed by atoms with van der Waals surface area (Å²) in [5.41, 5.74) is 3.35. The van der Waals surface area contributed by atoms with E-state index in [1.165, 1.54) is 24.8 Å². The number of hydrogen-bond acceptors (Lipinski definition) is 6. The van der Waals surface area contributed by atoms with Crippen molar-refractivity contribution in [2.75, 3.05) is 0 Å². The number of nitrogens with zero attached hydrogens (tertiary/aromatic N) is 3. The SMILES string of the molecule is O=C(Oc1ccccc1/C=N\NC(=O)c1cnccn1)c1ccc(Cl)cc1. The molecule has 1 N–H and O–H groups in total. The van der Waals surface area contributed by atoms with Crippen molar-refractivity contribution >= 4 is 29.7 Å². The number of aromatic nitrogens is 2. The number of amides is 1. The lowest BCUT2D eigenvalue weighted by Crippen LogP contribution is -2.19. The highest BCUT2D eigenvalue weighted by atomic mass is 35.5. The van der Waals surface area contributed by atoms with E-state index in [1.54, 1.807) is 48.5 Å². The maximum absolute atomic E-state index is 12.2. The van der Waals surface area contributed by atoms with Crippen molar-refractivity contribution in [1.29, 1.82) is 0 Å². The van der Waals surface area contributed by atoms with Crippen molar-refractivity contribution in [2.45, 2.75) is 0 Å². The normalized spacial score (nSPS) is 10.6. The minimum Gasteiger partial charge on any atom is -0.422 e. The molecule has 7 nitrogen and oxygen atoms in total. The standard InChI is InChI=1S/C19H13ClN4O3/c20-15-7-5-13(6-8-15)19(26)27-17-4-2-1-3-14(17)11-23-24-18(25)16-12-21-9-10-22-16/h1-12H,(H,24,25)/b23-11-. The van der Waals surface area contributed by atoms with Gasteiger partial charge in [0, 0.05) is 23.0 Å². The molecule has 0 aliphatic carbocycles. The van der Waals surface area contributed by atoms with Gasteiger partial charge in [0.25, 0.3) is 5.91 Å². The van der Waals surface area contributed by atoms with Crippen molar-refractivity contribution in [3.63, 3.8) is 0 Å². The molecule has 0 saturated heterocycles. The summed E-state index contributed by atoms with van der Waals surface area (Å²) in [6.45, 7) is 0. The molecule has 0 unspecified atom stereocenters. The monoisotopic (exact) mass is 380 g/mol. The van der Waals surface area contributed by atoms with Crippen LogP contribution in [0.3, 0.4) is 0 Å². The number of hydrogen-bond donors (Lipinski definition) is 1. The molecular formula is C19H13ClN4O3. The lowest BCUT2D eigenvalue weighted by atomic mass is 10.2. The van der Waals surface area contributed by atoms with Crippen LogP contribution in [-0.4, -0.2) is 28.1 Å².